The van der Waals surface area contributed by atoms with Crippen LogP contribution in [0.25, 0.3) is 0 Å². The van der Waals surface area contributed by atoms with Gasteiger partial charge in [0.2, 0.25) is 6.10 Å². The summed E-state index contributed by atoms with van der Waals surface area (Å²) in [5, 5.41) is 2.80. The molecular formula is C22H20N2O4. The molecule has 0 aliphatic rings. The first-order chi connectivity index (χ1) is 13.6. The number of rotatable bonds is 6. The maximum absolute atomic E-state index is 13.0. The van der Waals surface area contributed by atoms with E-state index < -0.39 is 18.0 Å². The molecule has 142 valence electrons. The molecule has 0 unspecified atom stereocenters. The summed E-state index contributed by atoms with van der Waals surface area (Å²) in [6.45, 7) is 1.91. The van der Waals surface area contributed by atoms with Crippen LogP contribution in [-0.4, -0.2) is 24.0 Å². The number of aromatic nitrogens is 1. The molecule has 0 fully saturated rings. The molecule has 0 saturated heterocycles. The number of hydrogen-bond acceptors (Lipinski definition) is 5. The molecule has 0 saturated carbocycles. The molecule has 0 aliphatic heterocycles. The van der Waals surface area contributed by atoms with Crippen molar-refractivity contribution in [2.24, 2.45) is 0 Å². The number of carbonyl (C=O) groups excluding carboxylic acids is 2. The minimum absolute atomic E-state index is 0.268. The van der Waals surface area contributed by atoms with E-state index in [9.17, 15) is 9.59 Å². The number of nitrogens with zero attached hydrogens (tertiary/aromatic N) is 1. The van der Waals surface area contributed by atoms with Crippen molar-refractivity contribution in [3.8, 4) is 5.75 Å². The molecule has 1 heterocycles. The minimum atomic E-state index is -1.13. The molecule has 0 aliphatic carbocycles. The molecule has 6 heteroatoms. The van der Waals surface area contributed by atoms with Gasteiger partial charge in [0.25, 0.3) is 5.91 Å². The maximum Gasteiger partial charge on any atom is 0.340 e. The highest BCUT2D eigenvalue weighted by molar-refractivity contribution is 5.99. The lowest BCUT2D eigenvalue weighted by molar-refractivity contribution is -0.125. The lowest BCUT2D eigenvalue weighted by Crippen LogP contribution is -2.26. The number of aryl methyl sites for hydroxylation is 1. The van der Waals surface area contributed by atoms with Crippen LogP contribution in [0.5, 0.6) is 5.75 Å². The summed E-state index contributed by atoms with van der Waals surface area (Å²) in [5.41, 5.74) is 2.29. The Kier molecular flexibility index (Phi) is 6.01. The highest BCUT2D eigenvalue weighted by atomic mass is 16.5. The van der Waals surface area contributed by atoms with Crippen molar-refractivity contribution >= 4 is 17.6 Å². The first kappa shape index (κ1) is 19.1. The average Bonchev–Trinajstić information content (AvgIpc) is 2.73. The van der Waals surface area contributed by atoms with E-state index in [4.69, 9.17) is 9.47 Å². The Bertz CT molecular complexity index is 959. The van der Waals surface area contributed by atoms with Crippen LogP contribution in [0.3, 0.4) is 0 Å². The van der Waals surface area contributed by atoms with Crippen LogP contribution in [-0.2, 0) is 9.53 Å². The second kappa shape index (κ2) is 8.81. The van der Waals surface area contributed by atoms with E-state index in [-0.39, 0.29) is 5.56 Å². The summed E-state index contributed by atoms with van der Waals surface area (Å²) in [6.07, 6.45) is 1.83. The molecule has 3 rings (SSSR count). The van der Waals surface area contributed by atoms with Gasteiger partial charge in [-0.2, -0.15) is 0 Å². The fourth-order valence-corrected chi connectivity index (χ4v) is 2.68. The Hall–Kier alpha value is -3.67. The Morgan fingerprint density at radius 3 is 2.50 bits per heavy atom. The summed E-state index contributed by atoms with van der Waals surface area (Å²) in [4.78, 5) is 29.4. The molecule has 6 nitrogen and oxygen atoms in total. The smallest absolute Gasteiger partial charge is 0.340 e. The van der Waals surface area contributed by atoms with Crippen LogP contribution in [0.15, 0.2) is 73.1 Å². The predicted octanol–water partition coefficient (Wildman–Crippen LogP) is 3.94. The van der Waals surface area contributed by atoms with E-state index in [1.54, 1.807) is 54.7 Å². The molecule has 0 bridgehead atoms. The lowest BCUT2D eigenvalue weighted by atomic mass is 10.1. The van der Waals surface area contributed by atoms with Gasteiger partial charge in [0.05, 0.1) is 18.4 Å². The highest BCUT2D eigenvalue weighted by Crippen LogP contribution is 2.28. The normalized spacial score (nSPS) is 11.4. The molecule has 1 N–H and O–H groups in total. The number of benzene rings is 2. The Morgan fingerprint density at radius 2 is 1.82 bits per heavy atom. The van der Waals surface area contributed by atoms with E-state index in [2.05, 4.69) is 10.3 Å². The SMILES string of the molecule is COc1ccc(C)cc1NC(=O)[C@H](OC(=O)c1cccnc1)c1ccccc1. The number of anilines is 1. The minimum Gasteiger partial charge on any atom is -0.495 e. The van der Waals surface area contributed by atoms with E-state index in [0.29, 0.717) is 17.0 Å². The second-order valence-corrected chi connectivity index (χ2v) is 6.13. The van der Waals surface area contributed by atoms with Crippen molar-refractivity contribution in [1.82, 2.24) is 4.98 Å². The maximum atomic E-state index is 13.0. The molecular weight excluding hydrogens is 356 g/mol. The zero-order chi connectivity index (χ0) is 19.9. The number of esters is 1. The number of pyridine rings is 1. The van der Waals surface area contributed by atoms with Gasteiger partial charge >= 0.3 is 5.97 Å². The first-order valence-electron chi connectivity index (χ1n) is 8.70. The predicted molar refractivity (Wildman–Crippen MR) is 105 cm³/mol. The number of ether oxygens (including phenoxy) is 2. The summed E-state index contributed by atoms with van der Waals surface area (Å²) < 4.78 is 10.8. The van der Waals surface area contributed by atoms with Crippen LogP contribution >= 0.6 is 0 Å². The number of nitrogens with one attached hydrogen (secondary N) is 1. The van der Waals surface area contributed by atoms with Crippen LogP contribution in [0.4, 0.5) is 5.69 Å². The molecule has 2 aromatic carbocycles. The van der Waals surface area contributed by atoms with Gasteiger partial charge < -0.3 is 14.8 Å². The number of hydrogen-bond donors (Lipinski definition) is 1. The standard InChI is InChI=1S/C22H20N2O4/c1-15-10-11-19(27-2)18(13-15)24-21(25)20(16-7-4-3-5-8-16)28-22(26)17-9-6-12-23-14-17/h3-14,20H,1-2H3,(H,24,25)/t20-/m1/s1. The van der Waals surface area contributed by atoms with E-state index in [1.165, 1.54) is 13.3 Å². The van der Waals surface area contributed by atoms with E-state index in [1.807, 2.05) is 19.1 Å². The van der Waals surface area contributed by atoms with Crippen molar-refractivity contribution in [2.75, 3.05) is 12.4 Å². The van der Waals surface area contributed by atoms with Gasteiger partial charge in [-0.25, -0.2) is 4.79 Å². The molecule has 0 spiro atoms. The Balaban J connectivity index is 1.88. The molecule has 1 atom stereocenters. The summed E-state index contributed by atoms with van der Waals surface area (Å²) in [6, 6.07) is 17.5. The zero-order valence-corrected chi connectivity index (χ0v) is 15.6. The van der Waals surface area contributed by atoms with Crippen molar-refractivity contribution in [1.29, 1.82) is 0 Å². The van der Waals surface area contributed by atoms with Crippen molar-refractivity contribution in [3.63, 3.8) is 0 Å². The van der Waals surface area contributed by atoms with Gasteiger partial charge in [-0.15, -0.1) is 0 Å². The van der Waals surface area contributed by atoms with Gasteiger partial charge in [0.15, 0.2) is 0 Å². The van der Waals surface area contributed by atoms with Crippen LogP contribution in [0.2, 0.25) is 0 Å². The molecule has 1 aromatic heterocycles. The van der Waals surface area contributed by atoms with Gasteiger partial charge in [0, 0.05) is 18.0 Å². The summed E-state index contributed by atoms with van der Waals surface area (Å²) in [5.74, 6) is -0.593. The summed E-state index contributed by atoms with van der Waals surface area (Å²) >= 11 is 0. The number of carbonyl (C=O) groups is 2. The van der Waals surface area contributed by atoms with Gasteiger partial charge in [-0.3, -0.25) is 9.78 Å². The van der Waals surface area contributed by atoms with Crippen LogP contribution in [0.1, 0.15) is 27.6 Å². The van der Waals surface area contributed by atoms with Crippen molar-refractivity contribution in [3.05, 3.63) is 89.7 Å². The van der Waals surface area contributed by atoms with E-state index >= 15 is 0 Å². The third kappa shape index (κ3) is 4.54. The number of methoxy groups -OCH3 is 1. The topological polar surface area (TPSA) is 77.5 Å². The molecule has 0 radical (unpaired) electrons. The Labute approximate surface area is 163 Å². The van der Waals surface area contributed by atoms with Crippen molar-refractivity contribution < 1.29 is 19.1 Å². The monoisotopic (exact) mass is 376 g/mol. The fourth-order valence-electron chi connectivity index (χ4n) is 2.68. The highest BCUT2D eigenvalue weighted by Gasteiger charge is 2.26. The second-order valence-electron chi connectivity index (χ2n) is 6.13. The summed E-state index contributed by atoms with van der Waals surface area (Å²) in [7, 11) is 1.53. The third-order valence-electron chi connectivity index (χ3n) is 4.08. The molecule has 28 heavy (non-hydrogen) atoms. The largest absolute Gasteiger partial charge is 0.495 e. The molecule has 1 amide bonds. The van der Waals surface area contributed by atoms with Crippen LogP contribution in [0, 0.1) is 6.92 Å². The van der Waals surface area contributed by atoms with Gasteiger partial charge in [-0.1, -0.05) is 36.4 Å². The van der Waals surface area contributed by atoms with Gasteiger partial charge in [-0.05, 0) is 36.8 Å². The van der Waals surface area contributed by atoms with Crippen LogP contribution < -0.4 is 10.1 Å². The average molecular weight is 376 g/mol. The fraction of sp³-hybridized carbons (Fsp3) is 0.136. The quantitative estimate of drug-likeness (QED) is 0.660. The van der Waals surface area contributed by atoms with Gasteiger partial charge in [0.1, 0.15) is 5.75 Å². The Morgan fingerprint density at radius 1 is 1.04 bits per heavy atom. The van der Waals surface area contributed by atoms with E-state index in [0.717, 1.165) is 5.56 Å². The third-order valence-corrected chi connectivity index (χ3v) is 4.08. The van der Waals surface area contributed by atoms with Crippen molar-refractivity contribution in [2.45, 2.75) is 13.0 Å². The zero-order valence-electron chi connectivity index (χ0n) is 15.6. The first-order valence-corrected chi connectivity index (χ1v) is 8.70. The lowest BCUT2D eigenvalue weighted by Gasteiger charge is -2.19. The number of amides is 1. The molecule has 3 aromatic rings.